The van der Waals surface area contributed by atoms with Gasteiger partial charge >= 0.3 is 12.1 Å². The zero-order valence-electron chi connectivity index (χ0n) is 20.4. The Morgan fingerprint density at radius 3 is 2.03 bits per heavy atom. The van der Waals surface area contributed by atoms with E-state index >= 15 is 0 Å². The van der Waals surface area contributed by atoms with Gasteiger partial charge in [0.15, 0.2) is 17.6 Å². The number of amides is 1. The Bertz CT molecular complexity index is 1110. The second-order valence-electron chi connectivity index (χ2n) is 7.97. The van der Waals surface area contributed by atoms with Crippen LogP contribution in [-0.2, 0) is 33.9 Å². The average molecular weight is 494 g/mol. The molecule has 1 amide bonds. The van der Waals surface area contributed by atoms with Gasteiger partial charge < -0.3 is 29.4 Å². The van der Waals surface area contributed by atoms with Gasteiger partial charge in [0.05, 0.1) is 19.8 Å². The molecule has 2 unspecified atom stereocenters. The van der Waals surface area contributed by atoms with Crippen molar-refractivity contribution in [1.29, 1.82) is 0 Å². The van der Waals surface area contributed by atoms with E-state index in [1.165, 1.54) is 7.11 Å². The molecule has 190 valence electrons. The van der Waals surface area contributed by atoms with Crippen molar-refractivity contribution in [3.05, 3.63) is 95.6 Å². The number of hydrogen-bond acceptors (Lipinski definition) is 7. The lowest BCUT2D eigenvalue weighted by Gasteiger charge is -2.23. The van der Waals surface area contributed by atoms with Gasteiger partial charge in [-0.1, -0.05) is 66.7 Å². The molecule has 3 aromatic rings. The number of methoxy groups -OCH3 is 1. The molecule has 0 saturated carbocycles. The van der Waals surface area contributed by atoms with Crippen LogP contribution in [0.25, 0.3) is 0 Å². The molecule has 2 atom stereocenters. The van der Waals surface area contributed by atoms with Crippen LogP contribution in [0.15, 0.2) is 78.9 Å². The molecule has 0 heterocycles. The summed E-state index contributed by atoms with van der Waals surface area (Å²) in [5.41, 5.74) is 2.30. The van der Waals surface area contributed by atoms with E-state index in [4.69, 9.17) is 18.9 Å². The first-order valence-electron chi connectivity index (χ1n) is 11.7. The van der Waals surface area contributed by atoms with Crippen molar-refractivity contribution in [2.45, 2.75) is 38.7 Å². The molecule has 0 fully saturated rings. The Morgan fingerprint density at radius 1 is 0.833 bits per heavy atom. The van der Waals surface area contributed by atoms with Crippen molar-refractivity contribution in [2.24, 2.45) is 0 Å². The van der Waals surface area contributed by atoms with Crippen LogP contribution in [0.2, 0.25) is 0 Å². The van der Waals surface area contributed by atoms with E-state index in [1.807, 2.05) is 67.6 Å². The van der Waals surface area contributed by atoms with Crippen LogP contribution in [0.4, 0.5) is 4.79 Å². The molecule has 0 bridgehead atoms. The van der Waals surface area contributed by atoms with Gasteiger partial charge in [-0.15, -0.1) is 0 Å². The third kappa shape index (κ3) is 8.02. The number of hydrogen-bond donors (Lipinski definition) is 2. The first kappa shape index (κ1) is 26.6. The highest BCUT2D eigenvalue weighted by Gasteiger charge is 2.30. The number of alkyl carbamates (subject to hydrolysis) is 1. The first-order valence-corrected chi connectivity index (χ1v) is 11.7. The van der Waals surface area contributed by atoms with E-state index in [2.05, 4.69) is 5.32 Å². The number of nitrogens with one attached hydrogen (secondary N) is 1. The van der Waals surface area contributed by atoms with Gasteiger partial charge in [-0.2, -0.15) is 0 Å². The molecule has 0 aliphatic carbocycles. The molecule has 36 heavy (non-hydrogen) atoms. The van der Waals surface area contributed by atoms with Gasteiger partial charge in [-0.25, -0.2) is 9.59 Å². The predicted molar refractivity (Wildman–Crippen MR) is 134 cm³/mol. The average Bonchev–Trinajstić information content (AvgIpc) is 2.91. The van der Waals surface area contributed by atoms with Crippen LogP contribution in [0, 0.1) is 0 Å². The van der Waals surface area contributed by atoms with E-state index in [-0.39, 0.29) is 19.6 Å². The van der Waals surface area contributed by atoms with Gasteiger partial charge in [-0.3, -0.25) is 0 Å². The maximum Gasteiger partial charge on any atom is 0.407 e. The maximum absolute atomic E-state index is 12.7. The molecule has 0 spiro atoms. The van der Waals surface area contributed by atoms with Gasteiger partial charge in [0.1, 0.15) is 13.2 Å². The summed E-state index contributed by atoms with van der Waals surface area (Å²) in [6.45, 7) is 2.33. The lowest BCUT2D eigenvalue weighted by molar-refractivity contribution is -0.156. The summed E-state index contributed by atoms with van der Waals surface area (Å²) in [4.78, 5) is 25.2. The molecule has 0 radical (unpaired) electrons. The summed E-state index contributed by atoms with van der Waals surface area (Å²) >= 11 is 0. The van der Waals surface area contributed by atoms with E-state index in [9.17, 15) is 14.7 Å². The Morgan fingerprint density at radius 2 is 1.44 bits per heavy atom. The third-order valence-corrected chi connectivity index (χ3v) is 5.35. The van der Waals surface area contributed by atoms with Crippen LogP contribution >= 0.6 is 0 Å². The largest absolute Gasteiger partial charge is 0.493 e. The summed E-state index contributed by atoms with van der Waals surface area (Å²) in [5.74, 6) is 0.213. The Hall–Kier alpha value is -4.04. The molecule has 8 heteroatoms. The smallest absolute Gasteiger partial charge is 0.407 e. The van der Waals surface area contributed by atoms with Gasteiger partial charge in [0.2, 0.25) is 0 Å². The molecular weight excluding hydrogens is 462 g/mol. The number of rotatable bonds is 12. The second kappa shape index (κ2) is 13.7. The lowest BCUT2D eigenvalue weighted by atomic mass is 10.0. The number of carbonyl (C=O) groups is 2. The standard InChI is InChI=1S/C28H31NO7/c1-3-34-25-17-22(14-15-24(25)33-2)16-23(29-28(32)36-19-21-12-8-5-9-13-21)26(30)27(31)35-18-20-10-6-4-7-11-20/h4-15,17,23,26,30H,3,16,18-19H2,1-2H3,(H,29,32). The fourth-order valence-corrected chi connectivity index (χ4v) is 3.51. The number of ether oxygens (including phenoxy) is 4. The summed E-state index contributed by atoms with van der Waals surface area (Å²) in [6, 6.07) is 22.5. The van der Waals surface area contributed by atoms with Gasteiger partial charge in [0.25, 0.3) is 0 Å². The number of aliphatic hydroxyl groups is 1. The fourth-order valence-electron chi connectivity index (χ4n) is 3.51. The van der Waals surface area contributed by atoms with Crippen molar-refractivity contribution >= 4 is 12.1 Å². The second-order valence-corrected chi connectivity index (χ2v) is 7.97. The molecular formula is C28H31NO7. The number of benzene rings is 3. The minimum absolute atomic E-state index is 0.00106. The molecule has 8 nitrogen and oxygen atoms in total. The Balaban J connectivity index is 1.72. The Kier molecular flexibility index (Phi) is 10.1. The zero-order chi connectivity index (χ0) is 25.8. The van der Waals surface area contributed by atoms with Crippen molar-refractivity contribution in [3.63, 3.8) is 0 Å². The predicted octanol–water partition coefficient (Wildman–Crippen LogP) is 4.04. The van der Waals surface area contributed by atoms with Crippen molar-refractivity contribution in [2.75, 3.05) is 13.7 Å². The summed E-state index contributed by atoms with van der Waals surface area (Å²) < 4.78 is 21.5. The first-order chi connectivity index (χ1) is 17.5. The molecule has 0 aliphatic heterocycles. The van der Waals surface area contributed by atoms with Crippen molar-refractivity contribution in [3.8, 4) is 11.5 Å². The van der Waals surface area contributed by atoms with Crippen LogP contribution < -0.4 is 14.8 Å². The minimum Gasteiger partial charge on any atom is -0.493 e. The van der Waals surface area contributed by atoms with Crippen LogP contribution in [-0.4, -0.2) is 43.0 Å². The minimum atomic E-state index is -1.63. The van der Waals surface area contributed by atoms with E-state index in [1.54, 1.807) is 18.2 Å². The molecule has 0 saturated heterocycles. The Labute approximate surface area is 210 Å². The topological polar surface area (TPSA) is 103 Å². The van der Waals surface area contributed by atoms with E-state index in [0.29, 0.717) is 23.7 Å². The molecule has 0 aromatic heterocycles. The highest BCUT2D eigenvalue weighted by Crippen LogP contribution is 2.28. The number of aliphatic hydroxyl groups excluding tert-OH is 1. The zero-order valence-corrected chi connectivity index (χ0v) is 20.4. The van der Waals surface area contributed by atoms with Crippen LogP contribution in [0.3, 0.4) is 0 Å². The summed E-state index contributed by atoms with van der Waals surface area (Å²) in [7, 11) is 1.54. The normalized spacial score (nSPS) is 12.2. The molecule has 2 N–H and O–H groups in total. The maximum atomic E-state index is 12.7. The highest BCUT2D eigenvalue weighted by molar-refractivity contribution is 5.77. The SMILES string of the molecule is CCOc1cc(CC(NC(=O)OCc2ccccc2)C(O)C(=O)OCc2ccccc2)ccc1OC. The van der Waals surface area contributed by atoms with Gasteiger partial charge in [-0.05, 0) is 42.2 Å². The molecule has 0 aliphatic rings. The van der Waals surface area contributed by atoms with E-state index in [0.717, 1.165) is 11.1 Å². The van der Waals surface area contributed by atoms with Crippen molar-refractivity contribution < 1.29 is 33.6 Å². The number of esters is 1. The monoisotopic (exact) mass is 493 g/mol. The van der Waals surface area contributed by atoms with Gasteiger partial charge in [0, 0.05) is 0 Å². The lowest BCUT2D eigenvalue weighted by Crippen LogP contribution is -2.49. The summed E-state index contributed by atoms with van der Waals surface area (Å²) in [6.07, 6.45) is -2.28. The summed E-state index contributed by atoms with van der Waals surface area (Å²) in [5, 5.41) is 13.4. The highest BCUT2D eigenvalue weighted by atomic mass is 16.6. The quantitative estimate of drug-likeness (QED) is 0.367. The third-order valence-electron chi connectivity index (χ3n) is 5.35. The fraction of sp³-hybridized carbons (Fsp3) is 0.286. The van der Waals surface area contributed by atoms with E-state index < -0.39 is 24.2 Å². The number of carbonyl (C=O) groups excluding carboxylic acids is 2. The molecule has 3 rings (SSSR count). The van der Waals surface area contributed by atoms with Crippen LogP contribution in [0.1, 0.15) is 23.6 Å². The molecule has 3 aromatic carbocycles. The van der Waals surface area contributed by atoms with Crippen LogP contribution in [0.5, 0.6) is 11.5 Å². The van der Waals surface area contributed by atoms with Crippen molar-refractivity contribution in [1.82, 2.24) is 5.32 Å².